The summed E-state index contributed by atoms with van der Waals surface area (Å²) in [7, 11) is 0. The van der Waals surface area contributed by atoms with Gasteiger partial charge in [0.05, 0.1) is 6.61 Å². The number of carbonyl (C=O) groups is 3. The predicted octanol–water partition coefficient (Wildman–Crippen LogP) is 2.30. The van der Waals surface area contributed by atoms with Gasteiger partial charge in [-0.15, -0.1) is 0 Å². The molecule has 162 valence electrons. The molecule has 31 heavy (non-hydrogen) atoms. The van der Waals surface area contributed by atoms with E-state index in [-0.39, 0.29) is 35.1 Å². The number of carbonyl (C=O) groups excluding carboxylic acids is 3. The summed E-state index contributed by atoms with van der Waals surface area (Å²) in [6, 6.07) is 6.19. The van der Waals surface area contributed by atoms with E-state index in [0.717, 1.165) is 10.9 Å². The second-order valence-electron chi connectivity index (χ2n) is 6.57. The van der Waals surface area contributed by atoms with Gasteiger partial charge < -0.3 is 24.0 Å². The van der Waals surface area contributed by atoms with Crippen LogP contribution in [-0.4, -0.2) is 31.0 Å². The highest BCUT2D eigenvalue weighted by molar-refractivity contribution is 6.10. The summed E-state index contributed by atoms with van der Waals surface area (Å²) in [5, 5.41) is 3.10. The lowest BCUT2D eigenvalue weighted by Crippen LogP contribution is -2.23. The molecule has 1 aromatic carbocycles. The summed E-state index contributed by atoms with van der Waals surface area (Å²) in [4.78, 5) is 47.8. The maximum absolute atomic E-state index is 12.3. The Morgan fingerprint density at radius 3 is 2.52 bits per heavy atom. The quantitative estimate of drug-likeness (QED) is 0.430. The lowest BCUT2D eigenvalue weighted by molar-refractivity contribution is -0.118. The number of aryl methyl sites for hydroxylation is 2. The molecule has 0 atom stereocenters. The summed E-state index contributed by atoms with van der Waals surface area (Å²) in [6.07, 6.45) is 0. The van der Waals surface area contributed by atoms with Gasteiger partial charge in [-0.25, -0.2) is 9.59 Å². The summed E-state index contributed by atoms with van der Waals surface area (Å²) in [5.74, 6) is -2.34. The normalized spacial score (nSPS) is 10.7. The molecule has 0 spiro atoms. The zero-order chi connectivity index (χ0) is 22.7. The van der Waals surface area contributed by atoms with Gasteiger partial charge in [0.25, 0.3) is 11.8 Å². The second-order valence-corrected chi connectivity index (χ2v) is 6.57. The smallest absolute Gasteiger partial charge is 0.342 e. The third-order valence-electron chi connectivity index (χ3n) is 4.36. The topological polar surface area (TPSA) is 151 Å². The van der Waals surface area contributed by atoms with E-state index in [0.29, 0.717) is 5.58 Å². The molecule has 0 aliphatic carbocycles. The Morgan fingerprint density at radius 1 is 1.10 bits per heavy atom. The van der Waals surface area contributed by atoms with Crippen LogP contribution in [0.5, 0.6) is 5.75 Å². The Labute approximate surface area is 175 Å². The number of amides is 2. The van der Waals surface area contributed by atoms with Gasteiger partial charge in [0.15, 0.2) is 6.61 Å². The lowest BCUT2D eigenvalue weighted by atomic mass is 10.1. The van der Waals surface area contributed by atoms with Crippen LogP contribution in [0.3, 0.4) is 0 Å². The van der Waals surface area contributed by atoms with Crippen LogP contribution < -0.4 is 21.4 Å². The minimum atomic E-state index is -0.962. The zero-order valence-electron chi connectivity index (χ0n) is 17.1. The Hall–Kier alpha value is -4.08. The molecule has 10 heteroatoms. The molecule has 0 saturated carbocycles. The van der Waals surface area contributed by atoms with Crippen LogP contribution in [-0.2, 0) is 9.53 Å². The highest BCUT2D eigenvalue weighted by atomic mass is 16.5. The molecule has 0 saturated heterocycles. The van der Waals surface area contributed by atoms with Gasteiger partial charge >= 0.3 is 11.6 Å². The Kier molecular flexibility index (Phi) is 6.10. The molecule has 2 aromatic heterocycles. The van der Waals surface area contributed by atoms with Gasteiger partial charge in [0.2, 0.25) is 5.88 Å². The van der Waals surface area contributed by atoms with Crippen molar-refractivity contribution in [2.45, 2.75) is 20.8 Å². The Balaban J connectivity index is 1.76. The van der Waals surface area contributed by atoms with Gasteiger partial charge in [-0.3, -0.25) is 14.9 Å². The van der Waals surface area contributed by atoms with Gasteiger partial charge in [0.1, 0.15) is 28.2 Å². The molecular formula is C21H20N2O8. The Bertz CT molecular complexity index is 1240. The molecule has 3 rings (SSSR count). The molecule has 0 radical (unpaired) electrons. The fraction of sp³-hybridized carbons (Fsp3) is 0.238. The highest BCUT2D eigenvalue weighted by Crippen LogP contribution is 2.28. The molecule has 0 bridgehead atoms. The maximum atomic E-state index is 12.3. The van der Waals surface area contributed by atoms with E-state index in [1.807, 2.05) is 0 Å². The number of nitrogens with one attached hydrogen (secondary N) is 1. The highest BCUT2D eigenvalue weighted by Gasteiger charge is 2.29. The first kappa shape index (κ1) is 21.6. The van der Waals surface area contributed by atoms with Crippen molar-refractivity contribution in [1.82, 2.24) is 0 Å². The molecule has 2 amide bonds. The van der Waals surface area contributed by atoms with Crippen LogP contribution >= 0.6 is 0 Å². The number of nitrogens with two attached hydrogens (primary N) is 1. The van der Waals surface area contributed by atoms with Crippen molar-refractivity contribution in [2.75, 3.05) is 18.5 Å². The molecule has 0 unspecified atom stereocenters. The fourth-order valence-corrected chi connectivity index (χ4v) is 3.02. The van der Waals surface area contributed by atoms with Crippen molar-refractivity contribution < 1.29 is 32.7 Å². The summed E-state index contributed by atoms with van der Waals surface area (Å²) >= 11 is 0. The summed E-state index contributed by atoms with van der Waals surface area (Å²) in [5.41, 5.74) is 5.50. The van der Waals surface area contributed by atoms with Crippen molar-refractivity contribution in [3.05, 3.63) is 57.1 Å². The van der Waals surface area contributed by atoms with Crippen molar-refractivity contribution in [1.29, 1.82) is 0 Å². The predicted molar refractivity (Wildman–Crippen MR) is 109 cm³/mol. The van der Waals surface area contributed by atoms with Crippen LogP contribution in [0.25, 0.3) is 11.0 Å². The largest absolute Gasteiger partial charge is 0.484 e. The second kappa shape index (κ2) is 8.74. The molecule has 10 nitrogen and oxygen atoms in total. The standard InChI is InChI=1S/C21H20N2O8/c1-4-28-21(27)17-11(3)30-20(18(17)19(22)26)23-15(24)9-29-12-5-6-13-10(2)7-16(25)31-14(13)8-12/h5-8H,4,9H2,1-3H3,(H2,22,26)(H,23,24). The number of benzene rings is 1. The maximum Gasteiger partial charge on any atom is 0.342 e. The number of primary amides is 1. The van der Waals surface area contributed by atoms with Gasteiger partial charge in [-0.05, 0) is 38.5 Å². The zero-order valence-corrected chi connectivity index (χ0v) is 17.1. The number of esters is 1. The lowest BCUT2D eigenvalue weighted by Gasteiger charge is -2.08. The number of ether oxygens (including phenoxy) is 2. The molecule has 2 heterocycles. The molecule has 3 aromatic rings. The number of hydrogen-bond donors (Lipinski definition) is 2. The summed E-state index contributed by atoms with van der Waals surface area (Å²) in [6.45, 7) is 4.46. The third kappa shape index (κ3) is 4.58. The minimum Gasteiger partial charge on any atom is -0.484 e. The van der Waals surface area contributed by atoms with Crippen molar-refractivity contribution in [2.24, 2.45) is 5.73 Å². The van der Waals surface area contributed by atoms with Crippen molar-refractivity contribution >= 4 is 34.6 Å². The molecule has 0 aliphatic rings. The van der Waals surface area contributed by atoms with Crippen molar-refractivity contribution in [3.63, 3.8) is 0 Å². The van der Waals surface area contributed by atoms with E-state index in [9.17, 15) is 19.2 Å². The van der Waals surface area contributed by atoms with E-state index in [2.05, 4.69) is 5.32 Å². The number of fused-ring (bicyclic) bond motifs is 1. The first-order valence-corrected chi connectivity index (χ1v) is 9.28. The molecular weight excluding hydrogens is 408 g/mol. The minimum absolute atomic E-state index is 0.0726. The van der Waals surface area contributed by atoms with Gasteiger partial charge in [-0.1, -0.05) is 0 Å². The van der Waals surface area contributed by atoms with E-state index in [1.165, 1.54) is 19.1 Å². The van der Waals surface area contributed by atoms with Crippen LogP contribution in [0.4, 0.5) is 5.88 Å². The Morgan fingerprint density at radius 2 is 1.84 bits per heavy atom. The SMILES string of the molecule is CCOC(=O)c1c(C)oc(NC(=O)COc2ccc3c(C)cc(=O)oc3c2)c1C(N)=O. The van der Waals surface area contributed by atoms with Gasteiger partial charge in [0, 0.05) is 17.5 Å². The van der Waals surface area contributed by atoms with Gasteiger partial charge in [-0.2, -0.15) is 0 Å². The number of furan rings is 1. The first-order valence-electron chi connectivity index (χ1n) is 9.28. The average Bonchev–Trinajstić information content (AvgIpc) is 3.02. The fourth-order valence-electron chi connectivity index (χ4n) is 3.02. The molecule has 0 aliphatic heterocycles. The summed E-state index contributed by atoms with van der Waals surface area (Å²) < 4.78 is 20.8. The van der Waals surface area contributed by atoms with Crippen LogP contribution in [0, 0.1) is 13.8 Å². The molecule has 0 fully saturated rings. The van der Waals surface area contributed by atoms with E-state index < -0.39 is 30.0 Å². The molecule has 3 N–H and O–H groups in total. The first-order chi connectivity index (χ1) is 14.7. The average molecular weight is 428 g/mol. The number of anilines is 1. The van der Waals surface area contributed by atoms with E-state index in [1.54, 1.807) is 26.0 Å². The van der Waals surface area contributed by atoms with E-state index >= 15 is 0 Å². The van der Waals surface area contributed by atoms with Crippen LogP contribution in [0.1, 0.15) is 39.0 Å². The van der Waals surface area contributed by atoms with Crippen LogP contribution in [0.2, 0.25) is 0 Å². The third-order valence-corrected chi connectivity index (χ3v) is 4.36. The van der Waals surface area contributed by atoms with Crippen LogP contribution in [0.15, 0.2) is 37.9 Å². The number of hydrogen-bond acceptors (Lipinski definition) is 8. The van der Waals surface area contributed by atoms with Crippen molar-refractivity contribution in [3.8, 4) is 5.75 Å². The number of rotatable bonds is 7. The monoisotopic (exact) mass is 428 g/mol. The van der Waals surface area contributed by atoms with E-state index in [4.69, 9.17) is 24.0 Å².